The highest BCUT2D eigenvalue weighted by Crippen LogP contribution is 2.21. The molecule has 0 saturated heterocycles. The molecular weight excluding hydrogens is 282 g/mol. The van der Waals surface area contributed by atoms with Gasteiger partial charge in [0.25, 0.3) is 0 Å². The maximum atomic E-state index is 4.63. The summed E-state index contributed by atoms with van der Waals surface area (Å²) < 4.78 is 1.81. The Labute approximate surface area is 127 Å². The number of pyridine rings is 1. The lowest BCUT2D eigenvalue weighted by atomic mass is 10.2. The van der Waals surface area contributed by atoms with Crippen LogP contribution in [-0.4, -0.2) is 30.5 Å². The third-order valence-electron chi connectivity index (χ3n) is 3.12. The minimum atomic E-state index is 0.690. The zero-order valence-corrected chi connectivity index (χ0v) is 12.9. The van der Waals surface area contributed by atoms with Crippen LogP contribution in [0.3, 0.4) is 0 Å². The van der Waals surface area contributed by atoms with E-state index in [1.807, 2.05) is 35.0 Å². The summed E-state index contributed by atoms with van der Waals surface area (Å²) in [6.45, 7) is 4.45. The fourth-order valence-corrected chi connectivity index (χ4v) is 3.04. The highest BCUT2D eigenvalue weighted by Gasteiger charge is 2.09. The van der Waals surface area contributed by atoms with Crippen LogP contribution in [0, 0.1) is 5.92 Å². The van der Waals surface area contributed by atoms with Crippen LogP contribution < -0.4 is 0 Å². The SMILES string of the molecule is CC(C)CCSc1nnc2ccc(-c3cccnc3)nn12. The first-order valence-electron chi connectivity index (χ1n) is 6.99. The van der Waals surface area contributed by atoms with Crippen LogP contribution in [0.2, 0.25) is 0 Å². The Bertz CT molecular complexity index is 723. The summed E-state index contributed by atoms with van der Waals surface area (Å²) in [5, 5.41) is 13.9. The van der Waals surface area contributed by atoms with Crippen molar-refractivity contribution in [2.24, 2.45) is 5.92 Å². The number of rotatable bonds is 5. The fourth-order valence-electron chi connectivity index (χ4n) is 1.91. The highest BCUT2D eigenvalue weighted by molar-refractivity contribution is 7.99. The standard InChI is InChI=1S/C15H17N5S/c1-11(2)7-9-21-15-18-17-14-6-5-13(19-20(14)15)12-4-3-8-16-10-12/h3-6,8,10-11H,7,9H2,1-2H3. The average molecular weight is 299 g/mol. The van der Waals surface area contributed by atoms with Gasteiger partial charge in [-0.3, -0.25) is 4.98 Å². The van der Waals surface area contributed by atoms with Crippen molar-refractivity contribution in [3.63, 3.8) is 0 Å². The second-order valence-corrected chi connectivity index (χ2v) is 6.31. The van der Waals surface area contributed by atoms with E-state index < -0.39 is 0 Å². The highest BCUT2D eigenvalue weighted by atomic mass is 32.2. The molecule has 0 radical (unpaired) electrons. The smallest absolute Gasteiger partial charge is 0.212 e. The molecule has 0 spiro atoms. The molecule has 3 heterocycles. The molecule has 3 rings (SSSR count). The summed E-state index contributed by atoms with van der Waals surface area (Å²) in [5.41, 5.74) is 2.64. The van der Waals surface area contributed by atoms with Crippen LogP contribution in [0.25, 0.3) is 16.9 Å². The van der Waals surface area contributed by atoms with E-state index >= 15 is 0 Å². The van der Waals surface area contributed by atoms with Gasteiger partial charge in [0, 0.05) is 23.7 Å². The van der Waals surface area contributed by atoms with Crippen molar-refractivity contribution in [3.8, 4) is 11.3 Å². The topological polar surface area (TPSA) is 56.0 Å². The quantitative estimate of drug-likeness (QED) is 0.676. The lowest BCUT2D eigenvalue weighted by Gasteiger charge is -2.04. The van der Waals surface area contributed by atoms with E-state index in [-0.39, 0.29) is 0 Å². The molecule has 21 heavy (non-hydrogen) atoms. The van der Waals surface area contributed by atoms with Crippen LogP contribution in [0.5, 0.6) is 0 Å². The Hall–Kier alpha value is -1.95. The molecule has 3 aromatic heterocycles. The number of hydrogen-bond acceptors (Lipinski definition) is 5. The second-order valence-electron chi connectivity index (χ2n) is 5.24. The number of aromatic nitrogens is 5. The van der Waals surface area contributed by atoms with Crippen LogP contribution in [0.1, 0.15) is 20.3 Å². The third-order valence-corrected chi connectivity index (χ3v) is 4.07. The summed E-state index contributed by atoms with van der Waals surface area (Å²) in [4.78, 5) is 4.13. The largest absolute Gasteiger partial charge is 0.264 e. The van der Waals surface area contributed by atoms with Crippen molar-refractivity contribution in [1.82, 2.24) is 24.8 Å². The minimum absolute atomic E-state index is 0.690. The van der Waals surface area contributed by atoms with Crippen molar-refractivity contribution in [1.29, 1.82) is 0 Å². The van der Waals surface area contributed by atoms with Crippen LogP contribution >= 0.6 is 11.8 Å². The molecule has 0 aliphatic rings. The predicted octanol–water partition coefficient (Wildman–Crippen LogP) is 3.32. The summed E-state index contributed by atoms with van der Waals surface area (Å²) in [6, 6.07) is 7.79. The van der Waals surface area contributed by atoms with Crippen LogP contribution in [0.15, 0.2) is 41.8 Å². The first kappa shape index (κ1) is 14.0. The van der Waals surface area contributed by atoms with E-state index in [0.717, 1.165) is 34.2 Å². The van der Waals surface area contributed by atoms with Crippen molar-refractivity contribution in [2.45, 2.75) is 25.4 Å². The van der Waals surface area contributed by atoms with Crippen LogP contribution in [-0.2, 0) is 0 Å². The molecule has 0 unspecified atom stereocenters. The van der Waals surface area contributed by atoms with Gasteiger partial charge >= 0.3 is 0 Å². The predicted molar refractivity (Wildman–Crippen MR) is 84.2 cm³/mol. The van der Waals surface area contributed by atoms with Crippen molar-refractivity contribution in [2.75, 3.05) is 5.75 Å². The Morgan fingerprint density at radius 2 is 2.10 bits per heavy atom. The van der Waals surface area contributed by atoms with E-state index in [2.05, 4.69) is 34.1 Å². The normalized spacial score (nSPS) is 11.4. The molecular formula is C15H17N5S. The van der Waals surface area contributed by atoms with Crippen molar-refractivity contribution >= 4 is 17.4 Å². The zero-order chi connectivity index (χ0) is 14.7. The Kier molecular flexibility index (Phi) is 4.15. The maximum absolute atomic E-state index is 4.63. The molecule has 0 amide bonds. The van der Waals surface area contributed by atoms with Gasteiger partial charge in [-0.05, 0) is 36.6 Å². The number of nitrogens with zero attached hydrogens (tertiary/aromatic N) is 5. The van der Waals surface area contributed by atoms with Crippen molar-refractivity contribution in [3.05, 3.63) is 36.7 Å². The molecule has 0 aliphatic carbocycles. The van der Waals surface area contributed by atoms with Gasteiger partial charge in [-0.1, -0.05) is 25.6 Å². The van der Waals surface area contributed by atoms with Crippen LogP contribution in [0.4, 0.5) is 0 Å². The van der Waals surface area contributed by atoms with Gasteiger partial charge in [-0.15, -0.1) is 10.2 Å². The zero-order valence-electron chi connectivity index (χ0n) is 12.1. The first-order chi connectivity index (χ1) is 10.2. The minimum Gasteiger partial charge on any atom is -0.264 e. The summed E-state index contributed by atoms with van der Waals surface area (Å²) in [6.07, 6.45) is 4.72. The summed E-state index contributed by atoms with van der Waals surface area (Å²) >= 11 is 1.70. The van der Waals surface area contributed by atoms with E-state index in [9.17, 15) is 0 Å². The van der Waals surface area contributed by atoms with Gasteiger partial charge in [0.2, 0.25) is 5.16 Å². The summed E-state index contributed by atoms with van der Waals surface area (Å²) in [5.74, 6) is 1.72. The molecule has 108 valence electrons. The lowest BCUT2D eigenvalue weighted by molar-refractivity contribution is 0.631. The van der Waals surface area contributed by atoms with Gasteiger partial charge in [-0.2, -0.15) is 9.61 Å². The molecule has 0 N–H and O–H groups in total. The molecule has 0 aliphatic heterocycles. The van der Waals surface area contributed by atoms with Gasteiger partial charge in [0.15, 0.2) is 5.65 Å². The Balaban J connectivity index is 1.89. The Morgan fingerprint density at radius 1 is 1.19 bits per heavy atom. The molecule has 6 heteroatoms. The number of hydrogen-bond donors (Lipinski definition) is 0. The van der Waals surface area contributed by atoms with Gasteiger partial charge in [-0.25, -0.2) is 0 Å². The molecule has 3 aromatic rings. The third kappa shape index (κ3) is 3.21. The lowest BCUT2D eigenvalue weighted by Crippen LogP contribution is -1.97. The Morgan fingerprint density at radius 3 is 2.86 bits per heavy atom. The maximum Gasteiger partial charge on any atom is 0.212 e. The van der Waals surface area contributed by atoms with Gasteiger partial charge in [0.05, 0.1) is 5.69 Å². The number of thioether (sulfide) groups is 1. The molecule has 0 bridgehead atoms. The van der Waals surface area contributed by atoms with Gasteiger partial charge in [0.1, 0.15) is 0 Å². The molecule has 5 nitrogen and oxygen atoms in total. The monoisotopic (exact) mass is 299 g/mol. The van der Waals surface area contributed by atoms with Crippen molar-refractivity contribution < 1.29 is 0 Å². The number of fused-ring (bicyclic) bond motifs is 1. The second kappa shape index (κ2) is 6.22. The van der Waals surface area contributed by atoms with E-state index in [4.69, 9.17) is 0 Å². The molecule has 0 aromatic carbocycles. The fraction of sp³-hybridized carbons (Fsp3) is 0.333. The summed E-state index contributed by atoms with van der Waals surface area (Å²) in [7, 11) is 0. The molecule has 0 fully saturated rings. The molecule has 0 atom stereocenters. The van der Waals surface area contributed by atoms with Gasteiger partial charge < -0.3 is 0 Å². The first-order valence-corrected chi connectivity index (χ1v) is 7.98. The molecule has 0 saturated carbocycles. The van der Waals surface area contributed by atoms with E-state index in [0.29, 0.717) is 5.92 Å². The average Bonchev–Trinajstić information content (AvgIpc) is 2.90. The van der Waals surface area contributed by atoms with E-state index in [1.54, 1.807) is 18.0 Å². The van der Waals surface area contributed by atoms with E-state index in [1.165, 1.54) is 0 Å².